The van der Waals surface area contributed by atoms with Crippen LogP contribution in [0.3, 0.4) is 0 Å². The van der Waals surface area contributed by atoms with Gasteiger partial charge in [0.1, 0.15) is 0 Å². The lowest BCUT2D eigenvalue weighted by molar-refractivity contribution is 0.281. The summed E-state index contributed by atoms with van der Waals surface area (Å²) in [6, 6.07) is 8.33. The molecule has 2 rings (SSSR count). The topological polar surface area (TPSA) is 32.3 Å². The largest absolute Gasteiger partial charge is 0.392 e. The molecule has 0 radical (unpaired) electrons. The van der Waals surface area contributed by atoms with Crippen LogP contribution in [0.25, 0.3) is 0 Å². The van der Waals surface area contributed by atoms with Crippen molar-refractivity contribution in [2.24, 2.45) is 0 Å². The normalized spacial score (nSPS) is 18.4. The van der Waals surface area contributed by atoms with Gasteiger partial charge in [0, 0.05) is 0 Å². The van der Waals surface area contributed by atoms with Crippen molar-refractivity contribution in [1.29, 1.82) is 0 Å². The first-order valence-corrected chi connectivity index (χ1v) is 5.30. The summed E-state index contributed by atoms with van der Waals surface area (Å²) in [7, 11) is 0. The second kappa shape index (κ2) is 4.58. The molecule has 0 aliphatic carbocycles. The van der Waals surface area contributed by atoms with Gasteiger partial charge in [-0.05, 0) is 43.0 Å². The van der Waals surface area contributed by atoms with Crippen LogP contribution in [0, 0.1) is 0 Å². The molecule has 1 fully saturated rings. The van der Waals surface area contributed by atoms with Crippen LogP contribution in [0.15, 0.2) is 24.3 Å². The van der Waals surface area contributed by atoms with E-state index in [1.54, 1.807) is 0 Å². The lowest BCUT2D eigenvalue weighted by Crippen LogP contribution is -2.26. The van der Waals surface area contributed by atoms with Crippen molar-refractivity contribution >= 4 is 0 Å². The summed E-state index contributed by atoms with van der Waals surface area (Å²) in [6.45, 7) is 2.39. The summed E-state index contributed by atoms with van der Waals surface area (Å²) in [6.07, 6.45) is 2.43. The van der Waals surface area contributed by atoms with Gasteiger partial charge >= 0.3 is 0 Å². The summed E-state index contributed by atoms with van der Waals surface area (Å²) in [4.78, 5) is 0. The maximum Gasteiger partial charge on any atom is 0.0681 e. The number of nitrogens with one attached hydrogen (secondary N) is 1. The van der Waals surface area contributed by atoms with Gasteiger partial charge in [0.2, 0.25) is 0 Å². The molecular formula is C12H17NO. The molecule has 1 aromatic rings. The van der Waals surface area contributed by atoms with Crippen molar-refractivity contribution in [2.75, 3.05) is 13.1 Å². The van der Waals surface area contributed by atoms with Crippen LogP contribution >= 0.6 is 0 Å². The third-order valence-electron chi connectivity index (χ3n) is 2.94. The lowest BCUT2D eigenvalue weighted by Gasteiger charge is -2.23. The van der Waals surface area contributed by atoms with Crippen molar-refractivity contribution < 1.29 is 5.11 Å². The fourth-order valence-corrected chi connectivity index (χ4v) is 2.10. The predicted molar refractivity (Wildman–Crippen MR) is 57.2 cm³/mol. The first kappa shape index (κ1) is 9.69. The summed E-state index contributed by atoms with van der Waals surface area (Å²) in [5.41, 5.74) is 2.42. The van der Waals surface area contributed by atoms with Gasteiger partial charge in [-0.25, -0.2) is 0 Å². The maximum atomic E-state index is 9.05. The van der Waals surface area contributed by atoms with Crippen molar-refractivity contribution in [1.82, 2.24) is 5.32 Å². The number of benzene rings is 1. The Kier molecular flexibility index (Phi) is 3.17. The molecule has 1 aliphatic heterocycles. The Morgan fingerprint density at radius 2 is 2.07 bits per heavy atom. The average Bonchev–Trinajstić information content (AvgIpc) is 2.30. The summed E-state index contributed by atoms with van der Waals surface area (Å²) in [5.74, 6) is 0.683. The molecule has 2 nitrogen and oxygen atoms in total. The van der Waals surface area contributed by atoms with E-state index in [-0.39, 0.29) is 6.61 Å². The maximum absolute atomic E-state index is 9.05. The van der Waals surface area contributed by atoms with Gasteiger partial charge in [0.05, 0.1) is 6.61 Å². The van der Waals surface area contributed by atoms with E-state index in [4.69, 9.17) is 5.11 Å². The summed E-state index contributed by atoms with van der Waals surface area (Å²) >= 11 is 0. The minimum atomic E-state index is 0.152. The van der Waals surface area contributed by atoms with Crippen molar-refractivity contribution in [3.8, 4) is 0 Å². The zero-order valence-electron chi connectivity index (χ0n) is 8.37. The number of aliphatic hydroxyl groups is 1. The van der Waals surface area contributed by atoms with Gasteiger partial charge in [-0.3, -0.25) is 0 Å². The Labute approximate surface area is 85.0 Å². The highest BCUT2D eigenvalue weighted by Crippen LogP contribution is 2.25. The number of hydrogen-bond donors (Lipinski definition) is 2. The Bertz CT molecular complexity index is 292. The van der Waals surface area contributed by atoms with Gasteiger partial charge in [-0.2, -0.15) is 0 Å². The first-order valence-electron chi connectivity index (χ1n) is 5.30. The highest BCUT2D eigenvalue weighted by Gasteiger charge is 2.14. The molecule has 1 heterocycles. The van der Waals surface area contributed by atoms with E-state index in [1.807, 2.05) is 12.1 Å². The number of aliphatic hydroxyl groups excluding tert-OH is 1. The summed E-state index contributed by atoms with van der Waals surface area (Å²) in [5, 5.41) is 12.4. The Morgan fingerprint density at radius 1 is 1.29 bits per heavy atom. The van der Waals surface area contributed by atoms with Crippen LogP contribution in [0.2, 0.25) is 0 Å². The SMILES string of the molecule is OCc1cccc(C2CCNCC2)c1. The molecule has 2 heteroatoms. The molecule has 2 N–H and O–H groups in total. The van der Waals surface area contributed by atoms with Gasteiger partial charge in [0.25, 0.3) is 0 Å². The van der Waals surface area contributed by atoms with Crippen LogP contribution in [-0.2, 0) is 6.61 Å². The minimum absolute atomic E-state index is 0.152. The molecule has 1 aliphatic rings. The van der Waals surface area contributed by atoms with E-state index >= 15 is 0 Å². The molecule has 0 unspecified atom stereocenters. The Balaban J connectivity index is 2.13. The molecule has 1 saturated heterocycles. The van der Waals surface area contributed by atoms with Crippen LogP contribution in [-0.4, -0.2) is 18.2 Å². The molecule has 0 atom stereocenters. The first-order chi connectivity index (χ1) is 6.90. The van der Waals surface area contributed by atoms with E-state index in [1.165, 1.54) is 18.4 Å². The molecule has 0 spiro atoms. The Hall–Kier alpha value is -0.860. The molecular weight excluding hydrogens is 174 g/mol. The molecule has 0 saturated carbocycles. The van der Waals surface area contributed by atoms with Gasteiger partial charge < -0.3 is 10.4 Å². The Morgan fingerprint density at radius 3 is 2.79 bits per heavy atom. The highest BCUT2D eigenvalue weighted by atomic mass is 16.3. The van der Waals surface area contributed by atoms with E-state index in [2.05, 4.69) is 17.4 Å². The number of piperidine rings is 1. The summed E-state index contributed by atoms with van der Waals surface area (Å²) < 4.78 is 0. The van der Waals surface area contributed by atoms with Crippen LogP contribution in [0.4, 0.5) is 0 Å². The smallest absolute Gasteiger partial charge is 0.0681 e. The van der Waals surface area contributed by atoms with E-state index in [0.717, 1.165) is 18.7 Å². The van der Waals surface area contributed by atoms with Crippen molar-refractivity contribution in [2.45, 2.75) is 25.4 Å². The second-order valence-corrected chi connectivity index (χ2v) is 3.93. The molecule has 0 aromatic heterocycles. The van der Waals surface area contributed by atoms with E-state index < -0.39 is 0 Å². The van der Waals surface area contributed by atoms with Gasteiger partial charge in [0.15, 0.2) is 0 Å². The zero-order chi connectivity index (χ0) is 9.80. The number of rotatable bonds is 2. The molecule has 0 bridgehead atoms. The third kappa shape index (κ3) is 2.14. The van der Waals surface area contributed by atoms with Crippen LogP contribution < -0.4 is 5.32 Å². The molecule has 14 heavy (non-hydrogen) atoms. The average molecular weight is 191 g/mol. The van der Waals surface area contributed by atoms with E-state index in [0.29, 0.717) is 5.92 Å². The molecule has 0 amide bonds. The standard InChI is InChI=1S/C12H17NO/c14-9-10-2-1-3-12(8-10)11-4-6-13-7-5-11/h1-3,8,11,13-14H,4-7,9H2. The second-order valence-electron chi connectivity index (χ2n) is 3.93. The zero-order valence-corrected chi connectivity index (χ0v) is 8.37. The van der Waals surface area contributed by atoms with Crippen molar-refractivity contribution in [3.63, 3.8) is 0 Å². The highest BCUT2D eigenvalue weighted by molar-refractivity contribution is 5.26. The third-order valence-corrected chi connectivity index (χ3v) is 2.94. The fraction of sp³-hybridized carbons (Fsp3) is 0.500. The quantitative estimate of drug-likeness (QED) is 0.745. The fourth-order valence-electron chi connectivity index (χ4n) is 2.10. The molecule has 76 valence electrons. The molecule has 1 aromatic carbocycles. The van der Waals surface area contributed by atoms with Crippen molar-refractivity contribution in [3.05, 3.63) is 35.4 Å². The number of hydrogen-bond acceptors (Lipinski definition) is 2. The monoisotopic (exact) mass is 191 g/mol. The van der Waals surface area contributed by atoms with Gasteiger partial charge in [-0.1, -0.05) is 24.3 Å². The van der Waals surface area contributed by atoms with Gasteiger partial charge in [-0.15, -0.1) is 0 Å². The van der Waals surface area contributed by atoms with E-state index in [9.17, 15) is 0 Å². The van der Waals surface area contributed by atoms with Crippen LogP contribution in [0.5, 0.6) is 0 Å². The van der Waals surface area contributed by atoms with Crippen LogP contribution in [0.1, 0.15) is 29.9 Å². The lowest BCUT2D eigenvalue weighted by atomic mass is 9.89. The predicted octanol–water partition coefficient (Wildman–Crippen LogP) is 1.65. The minimum Gasteiger partial charge on any atom is -0.392 e.